The number of aryl methyl sites for hydroxylation is 2. The van der Waals surface area contributed by atoms with Crippen LogP contribution in [0.5, 0.6) is 5.75 Å². The lowest BCUT2D eigenvalue weighted by Crippen LogP contribution is -2.13. The molecule has 0 aliphatic heterocycles. The van der Waals surface area contributed by atoms with Crippen LogP contribution in [0, 0.1) is 30.6 Å². The third-order valence-electron chi connectivity index (χ3n) is 2.98. The molecule has 0 amide bonds. The first kappa shape index (κ1) is 16.8. The van der Waals surface area contributed by atoms with E-state index in [0.717, 1.165) is 0 Å². The SMILES string of the molecule is Cc1cc(OCCC(C)(C)C#N)cc(C)c1S(=O)(=O)Cl. The number of nitriles is 1. The van der Waals surface area contributed by atoms with E-state index < -0.39 is 14.5 Å². The molecule has 0 unspecified atom stereocenters. The standard InChI is InChI=1S/C14H18ClNO3S/c1-10-7-12(19-6-5-14(3,4)9-16)8-11(2)13(10)20(15,17)18/h7-8H,5-6H2,1-4H3. The van der Waals surface area contributed by atoms with Gasteiger partial charge in [-0.05, 0) is 57.4 Å². The van der Waals surface area contributed by atoms with Crippen LogP contribution < -0.4 is 4.74 Å². The Balaban J connectivity index is 2.89. The van der Waals surface area contributed by atoms with E-state index in [0.29, 0.717) is 29.9 Å². The van der Waals surface area contributed by atoms with Gasteiger partial charge in [-0.15, -0.1) is 0 Å². The summed E-state index contributed by atoms with van der Waals surface area (Å²) in [5.41, 5.74) is 0.660. The van der Waals surface area contributed by atoms with Crippen LogP contribution in [0.4, 0.5) is 0 Å². The van der Waals surface area contributed by atoms with Crippen molar-refractivity contribution in [2.24, 2.45) is 5.41 Å². The molecule has 0 heterocycles. The van der Waals surface area contributed by atoms with E-state index in [1.54, 1.807) is 26.0 Å². The highest BCUT2D eigenvalue weighted by Crippen LogP contribution is 2.28. The van der Waals surface area contributed by atoms with Crippen molar-refractivity contribution in [3.05, 3.63) is 23.3 Å². The maximum atomic E-state index is 11.5. The third kappa shape index (κ3) is 4.39. The maximum Gasteiger partial charge on any atom is 0.261 e. The molecule has 0 spiro atoms. The second-order valence-electron chi connectivity index (χ2n) is 5.42. The van der Waals surface area contributed by atoms with Crippen molar-refractivity contribution < 1.29 is 13.2 Å². The van der Waals surface area contributed by atoms with Crippen LogP contribution in [-0.2, 0) is 9.05 Å². The van der Waals surface area contributed by atoms with E-state index in [4.69, 9.17) is 20.7 Å². The fourth-order valence-corrected chi connectivity index (χ4v) is 3.48. The molecule has 0 saturated heterocycles. The van der Waals surface area contributed by atoms with Gasteiger partial charge in [-0.3, -0.25) is 0 Å². The molecular weight excluding hydrogens is 298 g/mol. The number of benzene rings is 1. The topological polar surface area (TPSA) is 67.2 Å². The quantitative estimate of drug-likeness (QED) is 0.779. The van der Waals surface area contributed by atoms with Crippen LogP contribution in [0.3, 0.4) is 0 Å². The first-order valence-electron chi connectivity index (χ1n) is 6.17. The van der Waals surface area contributed by atoms with Crippen molar-refractivity contribution in [3.8, 4) is 11.8 Å². The molecular formula is C14H18ClNO3S. The first-order valence-corrected chi connectivity index (χ1v) is 8.48. The molecule has 110 valence electrons. The predicted octanol–water partition coefficient (Wildman–Crippen LogP) is 3.55. The van der Waals surface area contributed by atoms with E-state index in [-0.39, 0.29) is 4.90 Å². The van der Waals surface area contributed by atoms with Crippen LogP contribution in [-0.4, -0.2) is 15.0 Å². The zero-order chi connectivity index (χ0) is 15.6. The van der Waals surface area contributed by atoms with Gasteiger partial charge in [0.2, 0.25) is 0 Å². The van der Waals surface area contributed by atoms with E-state index in [1.165, 1.54) is 0 Å². The van der Waals surface area contributed by atoms with Crippen molar-refractivity contribution in [1.82, 2.24) is 0 Å². The van der Waals surface area contributed by atoms with E-state index >= 15 is 0 Å². The zero-order valence-corrected chi connectivity index (χ0v) is 13.6. The minimum Gasteiger partial charge on any atom is -0.494 e. The lowest BCUT2D eigenvalue weighted by atomic mass is 9.92. The molecule has 4 nitrogen and oxygen atoms in total. The molecule has 0 radical (unpaired) electrons. The van der Waals surface area contributed by atoms with Gasteiger partial charge in [-0.1, -0.05) is 0 Å². The summed E-state index contributed by atoms with van der Waals surface area (Å²) in [7, 11) is 1.64. The summed E-state index contributed by atoms with van der Waals surface area (Å²) in [4.78, 5) is 0.129. The Morgan fingerprint density at radius 3 is 2.20 bits per heavy atom. The Bertz CT molecular complexity index is 622. The van der Waals surface area contributed by atoms with Crippen LogP contribution in [0.2, 0.25) is 0 Å². The monoisotopic (exact) mass is 315 g/mol. The number of halogens is 1. The molecule has 0 aromatic heterocycles. The molecule has 0 fully saturated rings. The Labute approximate surface area is 124 Å². The van der Waals surface area contributed by atoms with Gasteiger partial charge in [-0.2, -0.15) is 5.26 Å². The summed E-state index contributed by atoms with van der Waals surface area (Å²) in [6.07, 6.45) is 0.594. The average molecular weight is 316 g/mol. The van der Waals surface area contributed by atoms with Crippen LogP contribution >= 0.6 is 10.7 Å². The van der Waals surface area contributed by atoms with Crippen LogP contribution in [0.25, 0.3) is 0 Å². The molecule has 0 atom stereocenters. The number of ether oxygens (including phenoxy) is 1. The Morgan fingerprint density at radius 2 is 1.80 bits per heavy atom. The molecule has 0 saturated carbocycles. The van der Waals surface area contributed by atoms with Crippen LogP contribution in [0.1, 0.15) is 31.4 Å². The van der Waals surface area contributed by atoms with E-state index in [9.17, 15) is 8.42 Å². The molecule has 1 aromatic carbocycles. The summed E-state index contributed by atoms with van der Waals surface area (Å²) in [5.74, 6) is 0.581. The predicted molar refractivity (Wildman–Crippen MR) is 78.5 cm³/mol. The van der Waals surface area contributed by atoms with Gasteiger partial charge in [0.25, 0.3) is 9.05 Å². The second kappa shape index (κ2) is 6.02. The summed E-state index contributed by atoms with van der Waals surface area (Å²) in [6, 6.07) is 5.48. The fraction of sp³-hybridized carbons (Fsp3) is 0.500. The first-order chi connectivity index (χ1) is 9.07. The Morgan fingerprint density at radius 1 is 1.30 bits per heavy atom. The largest absolute Gasteiger partial charge is 0.494 e. The maximum absolute atomic E-state index is 11.5. The molecule has 20 heavy (non-hydrogen) atoms. The normalized spacial score (nSPS) is 12.0. The fourth-order valence-electron chi connectivity index (χ4n) is 1.86. The average Bonchev–Trinajstić information content (AvgIpc) is 2.25. The van der Waals surface area contributed by atoms with Gasteiger partial charge in [0, 0.05) is 10.7 Å². The van der Waals surface area contributed by atoms with Crippen molar-refractivity contribution in [2.45, 2.75) is 39.0 Å². The molecule has 1 aromatic rings. The lowest BCUT2D eigenvalue weighted by molar-refractivity contribution is 0.264. The van der Waals surface area contributed by atoms with Gasteiger partial charge in [-0.25, -0.2) is 8.42 Å². The highest BCUT2D eigenvalue weighted by atomic mass is 35.7. The summed E-state index contributed by atoms with van der Waals surface area (Å²) >= 11 is 0. The minimum atomic E-state index is -3.76. The van der Waals surface area contributed by atoms with Crippen molar-refractivity contribution >= 4 is 19.7 Å². The minimum absolute atomic E-state index is 0.129. The van der Waals surface area contributed by atoms with Gasteiger partial charge in [0.15, 0.2) is 0 Å². The highest BCUT2D eigenvalue weighted by molar-refractivity contribution is 8.13. The second-order valence-corrected chi connectivity index (χ2v) is 7.92. The summed E-state index contributed by atoms with van der Waals surface area (Å²) < 4.78 is 28.5. The van der Waals surface area contributed by atoms with Crippen molar-refractivity contribution in [1.29, 1.82) is 5.26 Å². The number of rotatable bonds is 5. The Hall–Kier alpha value is -1.25. The van der Waals surface area contributed by atoms with Crippen molar-refractivity contribution in [2.75, 3.05) is 6.61 Å². The van der Waals surface area contributed by atoms with Crippen molar-refractivity contribution in [3.63, 3.8) is 0 Å². The molecule has 0 aliphatic rings. The van der Waals surface area contributed by atoms with Crippen LogP contribution in [0.15, 0.2) is 17.0 Å². The summed E-state index contributed by atoms with van der Waals surface area (Å²) in [5, 5.41) is 8.92. The zero-order valence-electron chi connectivity index (χ0n) is 12.0. The number of nitrogens with zero attached hydrogens (tertiary/aromatic N) is 1. The molecule has 6 heteroatoms. The molecule has 0 N–H and O–H groups in total. The number of hydrogen-bond acceptors (Lipinski definition) is 4. The van der Waals surface area contributed by atoms with Gasteiger partial charge >= 0.3 is 0 Å². The summed E-state index contributed by atoms with van der Waals surface area (Å²) in [6.45, 7) is 7.43. The highest BCUT2D eigenvalue weighted by Gasteiger charge is 2.19. The van der Waals surface area contributed by atoms with E-state index in [2.05, 4.69) is 6.07 Å². The smallest absolute Gasteiger partial charge is 0.261 e. The molecule has 1 rings (SSSR count). The lowest BCUT2D eigenvalue weighted by Gasteiger charge is -2.16. The van der Waals surface area contributed by atoms with Gasteiger partial charge in [0.05, 0.1) is 23.0 Å². The third-order valence-corrected chi connectivity index (χ3v) is 4.57. The number of hydrogen-bond donors (Lipinski definition) is 0. The molecule has 0 aliphatic carbocycles. The van der Waals surface area contributed by atoms with Gasteiger partial charge in [0.1, 0.15) is 5.75 Å². The molecule has 0 bridgehead atoms. The van der Waals surface area contributed by atoms with E-state index in [1.807, 2.05) is 13.8 Å². The Kier molecular flexibility index (Phi) is 5.06. The van der Waals surface area contributed by atoms with Gasteiger partial charge < -0.3 is 4.74 Å².